The van der Waals surface area contributed by atoms with Gasteiger partial charge in [-0.1, -0.05) is 55.7 Å². The molecule has 216 valence electrons. The highest BCUT2D eigenvalue weighted by atomic mass is 19.4. The number of benzene rings is 2. The molecule has 2 rings (SSSR count). The van der Waals surface area contributed by atoms with Crippen molar-refractivity contribution in [2.45, 2.75) is 70.4 Å². The number of nitrogens with zero attached hydrogens (tertiary/aromatic N) is 1. The number of hydrogen-bond acceptors (Lipinski definition) is 5. The van der Waals surface area contributed by atoms with Crippen LogP contribution in [0.25, 0.3) is 0 Å². The molecule has 6 nitrogen and oxygen atoms in total. The molecule has 10 heteroatoms. The Labute approximate surface area is 227 Å². The average molecular weight is 555 g/mol. The Morgan fingerprint density at radius 3 is 2.31 bits per heavy atom. The Kier molecular flexibility index (Phi) is 13.9. The van der Waals surface area contributed by atoms with E-state index in [9.17, 15) is 27.2 Å². The van der Waals surface area contributed by atoms with E-state index >= 15 is 0 Å². The van der Waals surface area contributed by atoms with Gasteiger partial charge in [0.1, 0.15) is 12.4 Å². The van der Waals surface area contributed by atoms with Gasteiger partial charge in [-0.2, -0.15) is 13.2 Å². The molecular formula is C29H38F4N2O4. The first-order valence-electron chi connectivity index (χ1n) is 13.1. The van der Waals surface area contributed by atoms with Crippen molar-refractivity contribution in [3.05, 3.63) is 71.0 Å². The standard InChI is InChI=1S/C29H38F4N2O4/c1-35(2)19-25(18-28(37)39-20-22-11-7-6-8-12-22)34-27(36)13-9-4-3-5-10-16-38-21-23-14-15-24(17-26(23)30)29(31,32)33/h6-8,11-12,14-15,17,25H,3-5,9-10,13,16,18-21H2,1-2H3,(H,34,36). The van der Waals surface area contributed by atoms with Crippen LogP contribution in [0.1, 0.15) is 61.6 Å². The minimum atomic E-state index is -4.58. The fraction of sp³-hybridized carbons (Fsp3) is 0.517. The monoisotopic (exact) mass is 554 g/mol. The minimum absolute atomic E-state index is 0.0853. The summed E-state index contributed by atoms with van der Waals surface area (Å²) in [5, 5.41) is 2.93. The van der Waals surface area contributed by atoms with Crippen molar-refractivity contribution in [2.75, 3.05) is 27.2 Å². The predicted octanol–water partition coefficient (Wildman–Crippen LogP) is 5.88. The van der Waals surface area contributed by atoms with Crippen LogP contribution in [0.4, 0.5) is 17.6 Å². The van der Waals surface area contributed by atoms with E-state index in [0.717, 1.165) is 43.4 Å². The normalized spacial score (nSPS) is 12.4. The molecule has 0 fully saturated rings. The third kappa shape index (κ3) is 13.6. The zero-order chi connectivity index (χ0) is 28.7. The summed E-state index contributed by atoms with van der Waals surface area (Å²) in [4.78, 5) is 26.6. The van der Waals surface area contributed by atoms with Crippen molar-refractivity contribution >= 4 is 11.9 Å². The van der Waals surface area contributed by atoms with Gasteiger partial charge in [-0.25, -0.2) is 4.39 Å². The first-order chi connectivity index (χ1) is 18.5. The highest BCUT2D eigenvalue weighted by Crippen LogP contribution is 2.30. The molecule has 1 N–H and O–H groups in total. The number of ether oxygens (including phenoxy) is 2. The van der Waals surface area contributed by atoms with Gasteiger partial charge in [0.15, 0.2) is 0 Å². The van der Waals surface area contributed by atoms with Crippen molar-refractivity contribution in [3.63, 3.8) is 0 Å². The lowest BCUT2D eigenvalue weighted by Gasteiger charge is -2.22. The van der Waals surface area contributed by atoms with E-state index in [-0.39, 0.29) is 43.1 Å². The minimum Gasteiger partial charge on any atom is -0.461 e. The summed E-state index contributed by atoms with van der Waals surface area (Å²) in [6.45, 7) is 0.993. The molecule has 0 aliphatic carbocycles. The number of amides is 1. The number of hydrogen-bond donors (Lipinski definition) is 1. The molecule has 2 aromatic rings. The van der Waals surface area contributed by atoms with Gasteiger partial charge in [0, 0.05) is 25.1 Å². The van der Waals surface area contributed by atoms with Gasteiger partial charge in [0.25, 0.3) is 0 Å². The lowest BCUT2D eigenvalue weighted by atomic mass is 10.1. The molecule has 1 unspecified atom stereocenters. The molecule has 1 amide bonds. The maximum atomic E-state index is 13.8. The van der Waals surface area contributed by atoms with Crippen LogP contribution in [0.5, 0.6) is 0 Å². The molecule has 0 heterocycles. The van der Waals surface area contributed by atoms with E-state index in [0.29, 0.717) is 32.1 Å². The van der Waals surface area contributed by atoms with Gasteiger partial charge in [-0.15, -0.1) is 0 Å². The van der Waals surface area contributed by atoms with Crippen LogP contribution in [0, 0.1) is 5.82 Å². The largest absolute Gasteiger partial charge is 0.461 e. The number of halogens is 4. The van der Waals surface area contributed by atoms with Gasteiger partial charge in [-0.05, 0) is 44.6 Å². The molecule has 0 saturated heterocycles. The first kappa shape index (κ1) is 32.2. The van der Waals surface area contributed by atoms with Crippen molar-refractivity contribution in [2.24, 2.45) is 0 Å². The van der Waals surface area contributed by atoms with E-state index in [2.05, 4.69) is 5.32 Å². The molecule has 0 radical (unpaired) electrons. The second-order valence-corrected chi connectivity index (χ2v) is 9.75. The Balaban J connectivity index is 1.57. The summed E-state index contributed by atoms with van der Waals surface area (Å²) in [6.07, 6.45) is -0.114. The predicted molar refractivity (Wildman–Crippen MR) is 140 cm³/mol. The SMILES string of the molecule is CN(C)CC(CC(=O)OCc1ccccc1)NC(=O)CCCCCCCOCc1ccc(C(F)(F)F)cc1F. The van der Waals surface area contributed by atoms with Crippen LogP contribution in [0.15, 0.2) is 48.5 Å². The van der Waals surface area contributed by atoms with Crippen LogP contribution < -0.4 is 5.32 Å². The maximum absolute atomic E-state index is 13.8. The topological polar surface area (TPSA) is 67.9 Å². The second kappa shape index (κ2) is 16.9. The summed E-state index contributed by atoms with van der Waals surface area (Å²) >= 11 is 0. The molecule has 1 atom stereocenters. The Morgan fingerprint density at radius 1 is 0.949 bits per heavy atom. The molecule has 0 aliphatic heterocycles. The number of unbranched alkanes of at least 4 members (excludes halogenated alkanes) is 4. The molecular weight excluding hydrogens is 516 g/mol. The van der Waals surface area contributed by atoms with Gasteiger partial charge in [-0.3, -0.25) is 9.59 Å². The van der Waals surface area contributed by atoms with E-state index in [4.69, 9.17) is 9.47 Å². The van der Waals surface area contributed by atoms with Gasteiger partial charge < -0.3 is 19.7 Å². The number of nitrogens with one attached hydrogen (secondary N) is 1. The lowest BCUT2D eigenvalue weighted by Crippen LogP contribution is -2.43. The zero-order valence-corrected chi connectivity index (χ0v) is 22.6. The number of carbonyl (C=O) groups is 2. The van der Waals surface area contributed by atoms with Crippen LogP contribution in [0.2, 0.25) is 0 Å². The number of rotatable bonds is 17. The first-order valence-corrected chi connectivity index (χ1v) is 13.1. The van der Waals surface area contributed by atoms with Crippen molar-refractivity contribution in [3.8, 4) is 0 Å². The van der Waals surface area contributed by atoms with Crippen LogP contribution in [0.3, 0.4) is 0 Å². The third-order valence-corrected chi connectivity index (χ3v) is 5.94. The van der Waals surface area contributed by atoms with Crippen LogP contribution in [-0.2, 0) is 38.5 Å². The summed E-state index contributed by atoms with van der Waals surface area (Å²) in [6, 6.07) is 11.5. The summed E-state index contributed by atoms with van der Waals surface area (Å²) in [7, 11) is 3.75. The maximum Gasteiger partial charge on any atom is 0.416 e. The molecule has 39 heavy (non-hydrogen) atoms. The molecule has 2 aromatic carbocycles. The molecule has 0 bridgehead atoms. The van der Waals surface area contributed by atoms with Gasteiger partial charge in [0.2, 0.25) is 5.91 Å². The van der Waals surface area contributed by atoms with Crippen LogP contribution in [-0.4, -0.2) is 50.1 Å². The van der Waals surface area contributed by atoms with E-state index in [1.54, 1.807) is 0 Å². The fourth-order valence-electron chi connectivity index (χ4n) is 3.94. The molecule has 0 spiro atoms. The van der Waals surface area contributed by atoms with E-state index in [1.807, 2.05) is 49.3 Å². The second-order valence-electron chi connectivity index (χ2n) is 9.75. The third-order valence-electron chi connectivity index (χ3n) is 5.94. The van der Waals surface area contributed by atoms with E-state index < -0.39 is 17.6 Å². The number of alkyl halides is 3. The highest BCUT2D eigenvalue weighted by molar-refractivity contribution is 5.77. The van der Waals surface area contributed by atoms with Crippen LogP contribution >= 0.6 is 0 Å². The van der Waals surface area contributed by atoms with Crippen molar-refractivity contribution in [1.82, 2.24) is 10.2 Å². The molecule has 0 aliphatic rings. The van der Waals surface area contributed by atoms with Crippen molar-refractivity contribution < 1.29 is 36.6 Å². The molecule has 0 aromatic heterocycles. The summed E-state index contributed by atoms with van der Waals surface area (Å²) in [5.74, 6) is -1.41. The number of esters is 1. The van der Waals surface area contributed by atoms with Gasteiger partial charge >= 0.3 is 12.1 Å². The Morgan fingerprint density at radius 2 is 1.64 bits per heavy atom. The smallest absolute Gasteiger partial charge is 0.416 e. The van der Waals surface area contributed by atoms with Gasteiger partial charge in [0.05, 0.1) is 24.6 Å². The Hall–Kier alpha value is -2.98. The average Bonchev–Trinajstić information content (AvgIpc) is 2.86. The lowest BCUT2D eigenvalue weighted by molar-refractivity contribution is -0.145. The number of likely N-dealkylation sites (N-methyl/N-ethyl adjacent to an activating group) is 1. The fourth-order valence-corrected chi connectivity index (χ4v) is 3.94. The number of carbonyl (C=O) groups excluding carboxylic acids is 2. The Bertz CT molecular complexity index is 1020. The highest BCUT2D eigenvalue weighted by Gasteiger charge is 2.31. The molecule has 0 saturated carbocycles. The summed E-state index contributed by atoms with van der Waals surface area (Å²) < 4.78 is 62.4. The zero-order valence-electron chi connectivity index (χ0n) is 22.6. The van der Waals surface area contributed by atoms with E-state index in [1.165, 1.54) is 0 Å². The quantitative estimate of drug-likeness (QED) is 0.150. The summed E-state index contributed by atoms with van der Waals surface area (Å²) in [5.41, 5.74) is -0.0308. The van der Waals surface area contributed by atoms with Crippen molar-refractivity contribution in [1.29, 1.82) is 0 Å².